The van der Waals surface area contributed by atoms with Crippen LogP contribution in [0.4, 0.5) is 11.6 Å². The van der Waals surface area contributed by atoms with Crippen molar-refractivity contribution in [2.24, 2.45) is 0 Å². The maximum atomic E-state index is 13.6. The predicted octanol–water partition coefficient (Wildman–Crippen LogP) is 2.12. The van der Waals surface area contributed by atoms with Gasteiger partial charge in [-0.2, -0.15) is 0 Å². The Bertz CT molecular complexity index is 1500. The number of aromatic nitrogens is 2. The second-order valence-electron chi connectivity index (χ2n) is 11.2. The highest BCUT2D eigenvalue weighted by molar-refractivity contribution is 7.12. The molecule has 1 aromatic carbocycles. The van der Waals surface area contributed by atoms with Gasteiger partial charge in [-0.15, -0.1) is 11.3 Å². The monoisotopic (exact) mass is 604 g/mol. The van der Waals surface area contributed by atoms with Crippen LogP contribution < -0.4 is 27.1 Å². The van der Waals surface area contributed by atoms with Crippen LogP contribution in [0.3, 0.4) is 0 Å². The molecule has 0 aliphatic heterocycles. The molecule has 11 nitrogen and oxygen atoms in total. The fourth-order valence-corrected chi connectivity index (χ4v) is 6.30. The summed E-state index contributed by atoms with van der Waals surface area (Å²) in [6.07, 6.45) is 6.76. The molecule has 1 unspecified atom stereocenters. The van der Waals surface area contributed by atoms with Gasteiger partial charge >= 0.3 is 5.97 Å². The highest BCUT2D eigenvalue weighted by atomic mass is 32.1. The molecule has 0 saturated heterocycles. The van der Waals surface area contributed by atoms with Crippen molar-refractivity contribution >= 4 is 47.0 Å². The summed E-state index contributed by atoms with van der Waals surface area (Å²) in [6, 6.07) is 8.65. The predicted molar refractivity (Wildman–Crippen MR) is 165 cm³/mol. The zero-order valence-corrected chi connectivity index (χ0v) is 25.3. The van der Waals surface area contributed by atoms with Crippen LogP contribution in [0.1, 0.15) is 81.1 Å². The van der Waals surface area contributed by atoms with Gasteiger partial charge in [0.05, 0.1) is 33.4 Å². The number of rotatable bonds is 12. The van der Waals surface area contributed by atoms with Crippen molar-refractivity contribution in [1.82, 2.24) is 20.6 Å². The highest BCUT2D eigenvalue weighted by Crippen LogP contribution is 2.40. The van der Waals surface area contributed by atoms with Crippen molar-refractivity contribution in [3.8, 4) is 0 Å². The normalized spacial score (nSPS) is 19.4. The number of ether oxygens (including phenoxy) is 1. The maximum Gasteiger partial charge on any atom is 0.334 e. The van der Waals surface area contributed by atoms with Gasteiger partial charge in [-0.05, 0) is 75.4 Å². The van der Waals surface area contributed by atoms with Crippen LogP contribution >= 0.6 is 11.3 Å². The second kappa shape index (κ2) is 12.9. The first-order valence-corrected chi connectivity index (χ1v) is 15.5. The zero-order valence-electron chi connectivity index (χ0n) is 24.4. The van der Waals surface area contributed by atoms with Gasteiger partial charge < -0.3 is 26.4 Å². The topological polar surface area (TPSA) is 174 Å². The number of nitrogens with zero attached hydrogens (tertiary/aromatic N) is 2. The number of nitrogens with one attached hydrogen (secondary N) is 3. The zero-order chi connectivity index (χ0) is 30.6. The lowest BCUT2D eigenvalue weighted by atomic mass is 10.0. The summed E-state index contributed by atoms with van der Waals surface area (Å²) in [4.78, 5) is 49.3. The first-order valence-electron chi connectivity index (χ1n) is 14.6. The summed E-state index contributed by atoms with van der Waals surface area (Å²) >= 11 is 1.31. The van der Waals surface area contributed by atoms with Crippen molar-refractivity contribution in [1.29, 1.82) is 0 Å². The molecule has 2 saturated carbocycles. The summed E-state index contributed by atoms with van der Waals surface area (Å²) in [6.45, 7) is 4.07. The van der Waals surface area contributed by atoms with Crippen molar-refractivity contribution in [3.63, 3.8) is 0 Å². The molecule has 2 atom stereocenters. The molecule has 2 aromatic heterocycles. The smallest absolute Gasteiger partial charge is 0.334 e. The van der Waals surface area contributed by atoms with Crippen molar-refractivity contribution in [3.05, 3.63) is 68.7 Å². The van der Waals surface area contributed by atoms with E-state index in [1.807, 2.05) is 23.6 Å². The largest absolute Gasteiger partial charge is 0.461 e. The Morgan fingerprint density at radius 3 is 2.53 bits per heavy atom. The number of anilines is 2. The molecule has 2 fully saturated rings. The average molecular weight is 605 g/mol. The molecule has 0 spiro atoms. The molecule has 2 aliphatic carbocycles. The fourth-order valence-electron chi connectivity index (χ4n) is 5.67. The first-order chi connectivity index (χ1) is 20.7. The van der Waals surface area contributed by atoms with Gasteiger partial charge in [-0.25, -0.2) is 14.8 Å². The minimum atomic E-state index is -1.34. The van der Waals surface area contributed by atoms with Crippen LogP contribution in [0.2, 0.25) is 0 Å². The number of hydrogen-bond acceptors (Lipinski definition) is 9. The Kier molecular flexibility index (Phi) is 9.05. The van der Waals surface area contributed by atoms with E-state index in [-0.39, 0.29) is 24.0 Å². The molecule has 0 bridgehead atoms. The number of carbonyl (C=O) groups is 3. The van der Waals surface area contributed by atoms with E-state index < -0.39 is 23.5 Å². The molecule has 2 amide bonds. The highest BCUT2D eigenvalue weighted by Gasteiger charge is 2.64. The second-order valence-corrected chi connectivity index (χ2v) is 12.1. The van der Waals surface area contributed by atoms with Crippen LogP contribution in [-0.4, -0.2) is 58.2 Å². The molecule has 2 heterocycles. The van der Waals surface area contributed by atoms with E-state index in [0.717, 1.165) is 49.7 Å². The molecule has 7 N–H and O–H groups in total. The number of aryl methyl sites for hydroxylation is 3. The van der Waals surface area contributed by atoms with E-state index in [1.165, 1.54) is 17.6 Å². The molecular weight excluding hydrogens is 566 g/mol. The summed E-state index contributed by atoms with van der Waals surface area (Å²) in [7, 11) is 0. The molecule has 226 valence electrons. The molecular formula is C31H38N7O4S+. The Hall–Kier alpha value is -4.32. The summed E-state index contributed by atoms with van der Waals surface area (Å²) in [5, 5.41) is 16.6. The van der Waals surface area contributed by atoms with Gasteiger partial charge in [0.15, 0.2) is 11.8 Å². The van der Waals surface area contributed by atoms with Gasteiger partial charge in [0.2, 0.25) is 5.95 Å². The SMILES string of the molecule is Cc1nc(NCCCc2cccc(N)c2C=[NH2+])nc(C)c1C(=O)NC1(C(=O)OC2CCCC2)C[C@H]1NC(=O)c1cccs1. The first kappa shape index (κ1) is 30.1. The number of hydrogen-bond donors (Lipinski definition) is 5. The lowest BCUT2D eigenvalue weighted by Crippen LogP contribution is -2.51. The van der Waals surface area contributed by atoms with Gasteiger partial charge in [0.1, 0.15) is 6.10 Å². The van der Waals surface area contributed by atoms with Gasteiger partial charge in [0.25, 0.3) is 11.8 Å². The van der Waals surface area contributed by atoms with Crippen LogP contribution in [-0.2, 0) is 16.0 Å². The van der Waals surface area contributed by atoms with Gasteiger partial charge in [0, 0.05) is 18.7 Å². The Labute approximate surface area is 254 Å². The maximum absolute atomic E-state index is 13.6. The lowest BCUT2D eigenvalue weighted by molar-refractivity contribution is -0.152. The number of benzene rings is 1. The van der Waals surface area contributed by atoms with E-state index in [1.54, 1.807) is 26.0 Å². The Balaban J connectivity index is 1.24. The number of thiophene rings is 1. The number of carbonyl (C=O) groups excluding carboxylic acids is 3. The molecule has 0 radical (unpaired) electrons. The standard InChI is InChI=1S/C31H37N7O4S/c1-18-26(19(2)36-30(35-18)34-14-6-9-20-8-5-12-23(33)22(20)17-32)28(40)38-31(29(41)42-21-10-3-4-11-21)16-25(31)37-27(39)24-13-7-15-43-24/h5,7-8,12-13,15,17,21,25,32H,3-4,6,9-11,14,16,33H2,1-2H3,(H,37,39)(H,38,40)(H,34,35,36)/p+1/t25-,31?/m1/s1. The quantitative estimate of drug-likeness (QED) is 0.0905. The average Bonchev–Trinajstić information content (AvgIpc) is 3.36. The number of nitrogen functional groups attached to an aromatic ring is 1. The molecule has 2 aliphatic rings. The number of amides is 2. The summed E-state index contributed by atoms with van der Waals surface area (Å²) < 4.78 is 5.81. The number of nitrogens with two attached hydrogens (primary N) is 2. The van der Waals surface area contributed by atoms with Gasteiger partial charge in [-0.3, -0.25) is 15.0 Å². The fraction of sp³-hybridized carbons (Fsp3) is 0.419. The van der Waals surface area contributed by atoms with Crippen LogP contribution in [0, 0.1) is 13.8 Å². The van der Waals surface area contributed by atoms with E-state index >= 15 is 0 Å². The minimum absolute atomic E-state index is 0.174. The van der Waals surface area contributed by atoms with Crippen molar-refractivity contribution in [2.75, 3.05) is 17.6 Å². The van der Waals surface area contributed by atoms with Crippen molar-refractivity contribution in [2.45, 2.75) is 76.5 Å². The van der Waals surface area contributed by atoms with Gasteiger partial charge in [-0.1, -0.05) is 18.2 Å². The van der Waals surface area contributed by atoms with Crippen molar-refractivity contribution < 1.29 is 24.5 Å². The Morgan fingerprint density at radius 1 is 1.12 bits per heavy atom. The van der Waals surface area contributed by atoms with E-state index in [9.17, 15) is 14.4 Å². The van der Waals surface area contributed by atoms with Crippen LogP contribution in [0.5, 0.6) is 0 Å². The molecule has 12 heteroatoms. The van der Waals surface area contributed by atoms with Crippen LogP contribution in [0.15, 0.2) is 35.7 Å². The summed E-state index contributed by atoms with van der Waals surface area (Å²) in [5.41, 5.74) is 8.47. The molecule has 43 heavy (non-hydrogen) atoms. The van der Waals surface area contributed by atoms with E-state index in [0.29, 0.717) is 34.4 Å². The lowest BCUT2D eigenvalue weighted by Gasteiger charge is -2.22. The third kappa shape index (κ3) is 6.69. The summed E-state index contributed by atoms with van der Waals surface area (Å²) in [5.74, 6) is -0.879. The molecule has 3 aromatic rings. The van der Waals surface area contributed by atoms with E-state index in [4.69, 9.17) is 15.9 Å². The Morgan fingerprint density at radius 2 is 1.86 bits per heavy atom. The minimum Gasteiger partial charge on any atom is -0.461 e. The van der Waals surface area contributed by atoms with Crippen LogP contribution in [0.25, 0.3) is 0 Å². The third-order valence-corrected chi connectivity index (χ3v) is 8.96. The number of esters is 1. The third-order valence-electron chi connectivity index (χ3n) is 8.09. The molecule has 5 rings (SSSR count). The van der Waals surface area contributed by atoms with E-state index in [2.05, 4.69) is 25.9 Å².